The van der Waals surface area contributed by atoms with Gasteiger partial charge in [0.05, 0.1) is 6.20 Å². The van der Waals surface area contributed by atoms with Gasteiger partial charge in [0.15, 0.2) is 6.20 Å². The summed E-state index contributed by atoms with van der Waals surface area (Å²) < 4.78 is 1.90. The summed E-state index contributed by atoms with van der Waals surface area (Å²) in [4.78, 5) is 2.10. The molecule has 0 aromatic heterocycles. The summed E-state index contributed by atoms with van der Waals surface area (Å²) in [7, 11) is 2.04. The molecule has 0 aliphatic rings. The van der Waals surface area contributed by atoms with Crippen LogP contribution in [0, 0.1) is 0 Å². The molecule has 0 rings (SSSR count). The fourth-order valence-electron chi connectivity index (χ4n) is 0.419. The average molecular weight is 141 g/mol. The third kappa shape index (κ3) is 4.13. The van der Waals surface area contributed by atoms with E-state index in [0.29, 0.717) is 0 Å². The molecular formula is C8H17N2+. The second-order valence-corrected chi connectivity index (χ2v) is 2.28. The van der Waals surface area contributed by atoms with Crippen molar-refractivity contribution in [1.82, 2.24) is 4.90 Å². The molecule has 0 saturated heterocycles. The van der Waals surface area contributed by atoms with Gasteiger partial charge in [-0.3, -0.25) is 0 Å². The monoisotopic (exact) mass is 141 g/mol. The average Bonchev–Trinajstić information content (AvgIpc) is 1.99. The molecule has 0 unspecified atom stereocenters. The van der Waals surface area contributed by atoms with Gasteiger partial charge in [-0.2, -0.15) is 0 Å². The van der Waals surface area contributed by atoms with Crippen LogP contribution >= 0.6 is 0 Å². The van der Waals surface area contributed by atoms with E-state index in [-0.39, 0.29) is 0 Å². The largest absolute Gasteiger partial charge is 0.376 e. The minimum absolute atomic E-state index is 0.952. The Balaban J connectivity index is 3.63. The molecule has 0 aromatic rings. The summed E-state index contributed by atoms with van der Waals surface area (Å²) in [5.41, 5.74) is 0. The van der Waals surface area contributed by atoms with Crippen LogP contribution in [0.3, 0.4) is 0 Å². The van der Waals surface area contributed by atoms with Crippen molar-refractivity contribution in [3.63, 3.8) is 0 Å². The molecule has 0 radical (unpaired) electrons. The van der Waals surface area contributed by atoms with Crippen molar-refractivity contribution >= 4 is 6.72 Å². The molecule has 10 heavy (non-hydrogen) atoms. The first kappa shape index (κ1) is 9.21. The molecule has 0 aliphatic heterocycles. The maximum atomic E-state index is 3.78. The van der Waals surface area contributed by atoms with Crippen LogP contribution in [0.1, 0.15) is 13.8 Å². The summed E-state index contributed by atoms with van der Waals surface area (Å²) in [6, 6.07) is 0. The summed E-state index contributed by atoms with van der Waals surface area (Å²) in [6.45, 7) is 9.96. The predicted octanol–water partition coefficient (Wildman–Crippen LogP) is 1.14. The van der Waals surface area contributed by atoms with Gasteiger partial charge in [-0.25, -0.2) is 4.58 Å². The van der Waals surface area contributed by atoms with Crippen LogP contribution < -0.4 is 0 Å². The second-order valence-electron chi connectivity index (χ2n) is 2.28. The van der Waals surface area contributed by atoms with E-state index >= 15 is 0 Å². The summed E-state index contributed by atoms with van der Waals surface area (Å²) in [5.74, 6) is 0. The van der Waals surface area contributed by atoms with Crippen LogP contribution in [-0.2, 0) is 0 Å². The van der Waals surface area contributed by atoms with Gasteiger partial charge in [0.25, 0.3) is 0 Å². The molecule has 0 aromatic carbocycles. The molecule has 0 aliphatic carbocycles. The normalized spacial score (nSPS) is 10.3. The van der Waals surface area contributed by atoms with Gasteiger partial charge < -0.3 is 4.90 Å². The van der Waals surface area contributed by atoms with Crippen LogP contribution in [0.15, 0.2) is 12.4 Å². The predicted molar refractivity (Wildman–Crippen MR) is 45.4 cm³/mol. The fourth-order valence-corrected chi connectivity index (χ4v) is 0.419. The van der Waals surface area contributed by atoms with Gasteiger partial charge in [0.2, 0.25) is 0 Å². The van der Waals surface area contributed by atoms with Gasteiger partial charge in [-0.1, -0.05) is 0 Å². The first-order chi connectivity index (χ1) is 4.70. The fraction of sp³-hybridized carbons (Fsp3) is 0.625. The van der Waals surface area contributed by atoms with E-state index in [2.05, 4.69) is 25.5 Å². The number of nitrogens with zero attached hydrogens (tertiary/aromatic N) is 2. The van der Waals surface area contributed by atoms with E-state index in [1.54, 1.807) is 0 Å². The Labute approximate surface area is 63.5 Å². The highest BCUT2D eigenvalue weighted by molar-refractivity contribution is 5.15. The van der Waals surface area contributed by atoms with Crippen molar-refractivity contribution in [2.45, 2.75) is 13.8 Å². The molecule has 2 heteroatoms. The van der Waals surface area contributed by atoms with Crippen molar-refractivity contribution in [1.29, 1.82) is 0 Å². The second kappa shape index (κ2) is 5.03. The highest BCUT2D eigenvalue weighted by Crippen LogP contribution is 1.82. The minimum atomic E-state index is 0.952. The van der Waals surface area contributed by atoms with Crippen LogP contribution in [0.25, 0.3) is 0 Å². The van der Waals surface area contributed by atoms with Crippen molar-refractivity contribution in [2.75, 3.05) is 20.1 Å². The van der Waals surface area contributed by atoms with Crippen LogP contribution in [0.2, 0.25) is 0 Å². The third-order valence-corrected chi connectivity index (χ3v) is 1.44. The lowest BCUT2D eigenvalue weighted by Crippen LogP contribution is -2.10. The Morgan fingerprint density at radius 1 is 1.50 bits per heavy atom. The lowest BCUT2D eigenvalue weighted by molar-refractivity contribution is -0.443. The highest BCUT2D eigenvalue weighted by atomic mass is 15.1. The Morgan fingerprint density at radius 2 is 2.10 bits per heavy atom. The molecule has 0 amide bonds. The van der Waals surface area contributed by atoms with Gasteiger partial charge in [-0.15, -0.1) is 0 Å². The Morgan fingerprint density at radius 3 is 2.50 bits per heavy atom. The van der Waals surface area contributed by atoms with Crippen molar-refractivity contribution in [3.05, 3.63) is 12.4 Å². The quantitative estimate of drug-likeness (QED) is 0.420. The van der Waals surface area contributed by atoms with Crippen LogP contribution in [0.5, 0.6) is 0 Å². The first-order valence-electron chi connectivity index (χ1n) is 3.66. The van der Waals surface area contributed by atoms with E-state index in [1.165, 1.54) is 0 Å². The molecule has 0 heterocycles. The Kier molecular flexibility index (Phi) is 4.63. The zero-order chi connectivity index (χ0) is 7.98. The summed E-state index contributed by atoms with van der Waals surface area (Å²) in [5, 5.41) is 0. The molecule has 2 nitrogen and oxygen atoms in total. The topological polar surface area (TPSA) is 6.25 Å². The van der Waals surface area contributed by atoms with Gasteiger partial charge in [0.1, 0.15) is 13.3 Å². The molecule has 0 saturated carbocycles. The first-order valence-corrected chi connectivity index (χ1v) is 3.66. The number of hydrogen-bond donors (Lipinski definition) is 0. The van der Waals surface area contributed by atoms with E-state index in [1.807, 2.05) is 24.0 Å². The SMILES string of the molecule is C=[N+](/C=C\N(C)CC)CC. The maximum Gasteiger partial charge on any atom is 0.184 e. The van der Waals surface area contributed by atoms with E-state index in [9.17, 15) is 0 Å². The van der Waals surface area contributed by atoms with E-state index in [0.717, 1.165) is 13.1 Å². The smallest absolute Gasteiger partial charge is 0.184 e. The molecule has 58 valence electrons. The number of hydrogen-bond acceptors (Lipinski definition) is 1. The van der Waals surface area contributed by atoms with Crippen molar-refractivity contribution in [3.8, 4) is 0 Å². The standard InChI is InChI=1S/C8H17N2/c1-5-9(3)7-8-10(4)6-2/h7-8H,3,5-6H2,1-2,4H3/q+1/b8-7-. The zero-order valence-electron chi connectivity index (χ0n) is 7.17. The van der Waals surface area contributed by atoms with Gasteiger partial charge >= 0.3 is 0 Å². The molecule has 0 spiro atoms. The third-order valence-electron chi connectivity index (χ3n) is 1.44. The molecular weight excluding hydrogens is 124 g/mol. The molecule has 0 atom stereocenters. The van der Waals surface area contributed by atoms with Crippen molar-refractivity contribution < 1.29 is 4.58 Å². The Hall–Kier alpha value is -0.790. The van der Waals surface area contributed by atoms with E-state index < -0.39 is 0 Å². The van der Waals surface area contributed by atoms with Gasteiger partial charge in [0, 0.05) is 13.6 Å². The molecule has 0 N–H and O–H groups in total. The van der Waals surface area contributed by atoms with Crippen LogP contribution in [0.4, 0.5) is 0 Å². The lowest BCUT2D eigenvalue weighted by Gasteiger charge is -2.06. The highest BCUT2D eigenvalue weighted by Gasteiger charge is 1.88. The molecule has 0 fully saturated rings. The lowest BCUT2D eigenvalue weighted by atomic mass is 10.6. The van der Waals surface area contributed by atoms with Gasteiger partial charge in [-0.05, 0) is 13.8 Å². The summed E-state index contributed by atoms with van der Waals surface area (Å²) in [6.07, 6.45) is 4.00. The number of rotatable bonds is 4. The maximum absolute atomic E-state index is 3.78. The van der Waals surface area contributed by atoms with Crippen molar-refractivity contribution in [2.24, 2.45) is 0 Å². The molecule has 0 bridgehead atoms. The van der Waals surface area contributed by atoms with Crippen LogP contribution in [-0.4, -0.2) is 36.3 Å². The summed E-state index contributed by atoms with van der Waals surface area (Å²) >= 11 is 0. The zero-order valence-corrected chi connectivity index (χ0v) is 7.17. The Bertz CT molecular complexity index is 127. The minimum Gasteiger partial charge on any atom is -0.376 e. The van der Waals surface area contributed by atoms with E-state index in [4.69, 9.17) is 0 Å².